The number of aliphatic hydroxyl groups is 1. The Hall–Kier alpha value is -0.150. The number of ether oxygens (including phenoxy) is 1. The Morgan fingerprint density at radius 1 is 1.70 bits per heavy atom. The van der Waals surface area contributed by atoms with Crippen molar-refractivity contribution in [3.05, 3.63) is 0 Å². The highest BCUT2D eigenvalue weighted by Crippen LogP contribution is 2.18. The molecule has 0 aliphatic carbocycles. The molecule has 3 heteroatoms. The first-order valence-corrected chi connectivity index (χ1v) is 3.65. The van der Waals surface area contributed by atoms with Crippen LogP contribution in [0.25, 0.3) is 0 Å². The lowest BCUT2D eigenvalue weighted by molar-refractivity contribution is 0.139. The average Bonchev–Trinajstić information content (AvgIpc) is 2.40. The second kappa shape index (κ2) is 3.88. The molecule has 1 aliphatic rings. The van der Waals surface area contributed by atoms with Gasteiger partial charge >= 0.3 is 0 Å². The van der Waals surface area contributed by atoms with E-state index in [9.17, 15) is 4.39 Å². The van der Waals surface area contributed by atoms with E-state index in [4.69, 9.17) is 9.84 Å². The topological polar surface area (TPSA) is 29.5 Å². The van der Waals surface area contributed by atoms with Crippen molar-refractivity contribution in [1.82, 2.24) is 0 Å². The van der Waals surface area contributed by atoms with E-state index in [1.165, 1.54) is 0 Å². The third-order valence-electron chi connectivity index (χ3n) is 1.81. The standard InChI is InChI=1S/C7H13FO2/c8-7(4-9)3-6-1-2-10-5-6/h6-7,9H,1-5H2/t6-,7+/m1/s1. The quantitative estimate of drug-likeness (QED) is 0.639. The van der Waals surface area contributed by atoms with Crippen molar-refractivity contribution in [3.63, 3.8) is 0 Å². The van der Waals surface area contributed by atoms with Gasteiger partial charge < -0.3 is 9.84 Å². The molecule has 0 aromatic carbocycles. The number of hydrogen-bond acceptors (Lipinski definition) is 2. The molecule has 0 aromatic rings. The predicted molar refractivity (Wildman–Crippen MR) is 35.5 cm³/mol. The van der Waals surface area contributed by atoms with Crippen molar-refractivity contribution in [2.24, 2.45) is 5.92 Å². The van der Waals surface area contributed by atoms with Crippen LogP contribution in [0.3, 0.4) is 0 Å². The van der Waals surface area contributed by atoms with E-state index in [1.807, 2.05) is 0 Å². The van der Waals surface area contributed by atoms with Crippen molar-refractivity contribution in [3.8, 4) is 0 Å². The second-order valence-corrected chi connectivity index (χ2v) is 2.75. The van der Waals surface area contributed by atoms with Crippen LogP contribution in [0.1, 0.15) is 12.8 Å². The number of aliphatic hydroxyl groups excluding tert-OH is 1. The predicted octanol–water partition coefficient (Wildman–Crippen LogP) is 0.743. The van der Waals surface area contributed by atoms with Crippen molar-refractivity contribution >= 4 is 0 Å². The fourth-order valence-electron chi connectivity index (χ4n) is 1.21. The van der Waals surface area contributed by atoms with Gasteiger partial charge in [-0.05, 0) is 18.8 Å². The lowest BCUT2D eigenvalue weighted by atomic mass is 10.0. The molecular formula is C7H13FO2. The van der Waals surface area contributed by atoms with Gasteiger partial charge in [0, 0.05) is 13.2 Å². The van der Waals surface area contributed by atoms with E-state index in [0.717, 1.165) is 13.0 Å². The summed E-state index contributed by atoms with van der Waals surface area (Å²) in [5.41, 5.74) is 0. The summed E-state index contributed by atoms with van der Waals surface area (Å²) in [6.07, 6.45) is 0.350. The highest BCUT2D eigenvalue weighted by molar-refractivity contribution is 4.68. The van der Waals surface area contributed by atoms with Gasteiger partial charge in [0.1, 0.15) is 6.17 Å². The minimum absolute atomic E-state index is 0.335. The molecule has 0 aromatic heterocycles. The molecule has 0 bridgehead atoms. The van der Waals surface area contributed by atoms with Gasteiger partial charge in [-0.3, -0.25) is 0 Å². The summed E-state index contributed by atoms with van der Waals surface area (Å²) in [6, 6.07) is 0. The monoisotopic (exact) mass is 148 g/mol. The highest BCUT2D eigenvalue weighted by atomic mass is 19.1. The van der Waals surface area contributed by atoms with Gasteiger partial charge in [0.2, 0.25) is 0 Å². The van der Waals surface area contributed by atoms with Gasteiger partial charge in [-0.1, -0.05) is 0 Å². The lowest BCUT2D eigenvalue weighted by Crippen LogP contribution is -2.12. The van der Waals surface area contributed by atoms with Gasteiger partial charge in [0.15, 0.2) is 0 Å². The Labute approximate surface area is 60.0 Å². The van der Waals surface area contributed by atoms with Gasteiger partial charge in [-0.2, -0.15) is 0 Å². The number of halogens is 1. The lowest BCUT2D eigenvalue weighted by Gasteiger charge is -2.08. The van der Waals surface area contributed by atoms with Crippen LogP contribution >= 0.6 is 0 Å². The van der Waals surface area contributed by atoms with Crippen molar-refractivity contribution in [1.29, 1.82) is 0 Å². The van der Waals surface area contributed by atoms with E-state index in [-0.39, 0.29) is 6.61 Å². The van der Waals surface area contributed by atoms with E-state index < -0.39 is 6.17 Å². The maximum atomic E-state index is 12.5. The molecule has 2 atom stereocenters. The summed E-state index contributed by atoms with van der Waals surface area (Å²) in [5, 5.41) is 8.38. The first-order valence-electron chi connectivity index (χ1n) is 3.65. The zero-order valence-corrected chi connectivity index (χ0v) is 5.92. The molecule has 0 radical (unpaired) electrons. The zero-order valence-electron chi connectivity index (χ0n) is 5.92. The molecule has 1 fully saturated rings. The SMILES string of the molecule is OC[C@@H](F)C[C@H]1CCOC1. The van der Waals surface area contributed by atoms with Crippen molar-refractivity contribution in [2.75, 3.05) is 19.8 Å². The molecule has 2 nitrogen and oxygen atoms in total. The molecule has 1 saturated heterocycles. The van der Waals surface area contributed by atoms with Gasteiger partial charge in [0.05, 0.1) is 6.61 Å². The third-order valence-corrected chi connectivity index (χ3v) is 1.81. The summed E-state index contributed by atoms with van der Waals surface area (Å²) in [4.78, 5) is 0. The number of alkyl halides is 1. The fraction of sp³-hybridized carbons (Fsp3) is 1.00. The number of hydrogen-bond donors (Lipinski definition) is 1. The second-order valence-electron chi connectivity index (χ2n) is 2.75. The Morgan fingerprint density at radius 3 is 3.00 bits per heavy atom. The first kappa shape index (κ1) is 7.95. The largest absolute Gasteiger partial charge is 0.393 e. The van der Waals surface area contributed by atoms with E-state index in [0.29, 0.717) is 18.9 Å². The summed E-state index contributed by atoms with van der Waals surface area (Å²) >= 11 is 0. The van der Waals surface area contributed by atoms with Gasteiger partial charge in [-0.25, -0.2) is 4.39 Å². The molecule has 0 unspecified atom stereocenters. The average molecular weight is 148 g/mol. The molecule has 0 spiro atoms. The van der Waals surface area contributed by atoms with Crippen LogP contribution in [0.15, 0.2) is 0 Å². The first-order chi connectivity index (χ1) is 4.83. The van der Waals surface area contributed by atoms with E-state index in [1.54, 1.807) is 0 Å². The summed E-state index contributed by atoms with van der Waals surface area (Å²) in [7, 11) is 0. The Balaban J connectivity index is 2.11. The normalized spacial score (nSPS) is 28.8. The number of rotatable bonds is 3. The van der Waals surface area contributed by atoms with Crippen LogP contribution in [0.4, 0.5) is 4.39 Å². The Bertz CT molecular complexity index is 91.6. The minimum atomic E-state index is -1.05. The summed E-state index contributed by atoms with van der Waals surface area (Å²) in [6.45, 7) is 1.07. The van der Waals surface area contributed by atoms with Crippen LogP contribution in [0, 0.1) is 5.92 Å². The smallest absolute Gasteiger partial charge is 0.123 e. The van der Waals surface area contributed by atoms with Crippen LogP contribution in [0.5, 0.6) is 0 Å². The molecule has 10 heavy (non-hydrogen) atoms. The maximum Gasteiger partial charge on any atom is 0.123 e. The molecule has 60 valence electrons. The van der Waals surface area contributed by atoms with Crippen LogP contribution in [-0.2, 0) is 4.74 Å². The van der Waals surface area contributed by atoms with Crippen LogP contribution in [0.2, 0.25) is 0 Å². The molecule has 1 rings (SSSR count). The molecular weight excluding hydrogens is 135 g/mol. The van der Waals surface area contributed by atoms with Crippen molar-refractivity contribution in [2.45, 2.75) is 19.0 Å². The van der Waals surface area contributed by atoms with Crippen molar-refractivity contribution < 1.29 is 14.2 Å². The van der Waals surface area contributed by atoms with Gasteiger partial charge in [-0.15, -0.1) is 0 Å². The maximum absolute atomic E-state index is 12.5. The van der Waals surface area contributed by atoms with E-state index in [2.05, 4.69) is 0 Å². The highest BCUT2D eigenvalue weighted by Gasteiger charge is 2.19. The Morgan fingerprint density at radius 2 is 2.50 bits per heavy atom. The molecule has 1 aliphatic heterocycles. The van der Waals surface area contributed by atoms with E-state index >= 15 is 0 Å². The zero-order chi connectivity index (χ0) is 7.40. The summed E-state index contributed by atoms with van der Waals surface area (Å²) in [5.74, 6) is 0.335. The van der Waals surface area contributed by atoms with Crippen LogP contribution in [-0.4, -0.2) is 31.1 Å². The molecule has 0 amide bonds. The van der Waals surface area contributed by atoms with Gasteiger partial charge in [0.25, 0.3) is 0 Å². The fourth-order valence-corrected chi connectivity index (χ4v) is 1.21. The summed E-state index contributed by atoms with van der Waals surface area (Å²) < 4.78 is 17.5. The third kappa shape index (κ3) is 2.23. The molecule has 0 saturated carbocycles. The minimum Gasteiger partial charge on any atom is -0.393 e. The molecule has 1 heterocycles. The van der Waals surface area contributed by atoms with Crippen LogP contribution < -0.4 is 0 Å². The molecule has 1 N–H and O–H groups in total. The Kier molecular flexibility index (Phi) is 3.09.